The minimum atomic E-state index is 0.370. The highest BCUT2D eigenvalue weighted by molar-refractivity contribution is 5.52. The van der Waals surface area contributed by atoms with E-state index in [1.807, 2.05) is 0 Å². The summed E-state index contributed by atoms with van der Waals surface area (Å²) in [5.41, 5.74) is 0.429. The second-order valence-electron chi connectivity index (χ2n) is 2.28. The maximum atomic E-state index is 6.84. The molecule has 13 heavy (non-hydrogen) atoms. The van der Waals surface area contributed by atoms with Crippen molar-refractivity contribution < 1.29 is 9.47 Å². The van der Waals surface area contributed by atoms with Crippen molar-refractivity contribution in [3.63, 3.8) is 0 Å². The monoisotopic (exact) mass is 178 g/mol. The van der Waals surface area contributed by atoms with Crippen LogP contribution in [0, 0.1) is 6.57 Å². The van der Waals surface area contributed by atoms with Crippen LogP contribution in [0.2, 0.25) is 0 Å². The number of aromatic nitrogens is 1. The summed E-state index contributed by atoms with van der Waals surface area (Å²) >= 11 is 0. The Morgan fingerprint density at radius 1 is 1.54 bits per heavy atom. The molecule has 0 atom stereocenters. The summed E-state index contributed by atoms with van der Waals surface area (Å²) in [5.74, 6) is 0.370. The maximum Gasteiger partial charge on any atom is 0.247 e. The number of pyridine rings is 1. The molecule has 1 rings (SSSR count). The SMILES string of the molecule is [C-]#[N+]c1cccnc1OCCOC. The summed E-state index contributed by atoms with van der Waals surface area (Å²) in [6, 6.07) is 3.37. The first-order valence-corrected chi connectivity index (χ1v) is 3.82. The van der Waals surface area contributed by atoms with Gasteiger partial charge in [0, 0.05) is 13.3 Å². The van der Waals surface area contributed by atoms with Gasteiger partial charge < -0.3 is 9.47 Å². The second-order valence-corrected chi connectivity index (χ2v) is 2.28. The molecule has 0 unspecified atom stereocenters. The molecule has 0 N–H and O–H groups in total. The Morgan fingerprint density at radius 3 is 3.08 bits per heavy atom. The summed E-state index contributed by atoms with van der Waals surface area (Å²) in [4.78, 5) is 7.20. The number of hydrogen-bond acceptors (Lipinski definition) is 3. The average Bonchev–Trinajstić information content (AvgIpc) is 2.19. The van der Waals surface area contributed by atoms with Gasteiger partial charge in [-0.05, 0) is 6.07 Å². The zero-order chi connectivity index (χ0) is 9.52. The van der Waals surface area contributed by atoms with Crippen LogP contribution in [0.25, 0.3) is 4.85 Å². The molecule has 0 aliphatic carbocycles. The minimum absolute atomic E-state index is 0.370. The van der Waals surface area contributed by atoms with E-state index in [1.165, 1.54) is 0 Å². The normalized spacial score (nSPS) is 9.23. The Balaban J connectivity index is 2.60. The lowest BCUT2D eigenvalue weighted by molar-refractivity contribution is 0.144. The lowest BCUT2D eigenvalue weighted by atomic mass is 10.4. The van der Waals surface area contributed by atoms with Crippen LogP contribution < -0.4 is 4.74 Å². The highest BCUT2D eigenvalue weighted by atomic mass is 16.5. The molecule has 0 bridgehead atoms. The van der Waals surface area contributed by atoms with Crippen LogP contribution in [-0.4, -0.2) is 25.3 Å². The van der Waals surface area contributed by atoms with Crippen molar-refractivity contribution >= 4 is 5.69 Å². The number of hydrogen-bond donors (Lipinski definition) is 0. The largest absolute Gasteiger partial charge is 0.484 e. The summed E-state index contributed by atoms with van der Waals surface area (Å²) in [7, 11) is 1.59. The van der Waals surface area contributed by atoms with E-state index < -0.39 is 0 Å². The van der Waals surface area contributed by atoms with Crippen molar-refractivity contribution in [2.75, 3.05) is 20.3 Å². The Labute approximate surface area is 76.9 Å². The molecule has 4 heteroatoms. The molecule has 1 aromatic rings. The zero-order valence-corrected chi connectivity index (χ0v) is 7.36. The molecule has 0 saturated carbocycles. The Morgan fingerprint density at radius 2 is 2.38 bits per heavy atom. The molecule has 1 aromatic heterocycles. The van der Waals surface area contributed by atoms with Crippen LogP contribution in [0.3, 0.4) is 0 Å². The standard InChI is InChI=1S/C9H10N2O2/c1-10-8-4-3-5-11-9(8)13-7-6-12-2/h3-5H,6-7H2,2H3. The molecule has 68 valence electrons. The number of methoxy groups -OCH3 is 1. The third-order valence-corrected chi connectivity index (χ3v) is 1.40. The van der Waals surface area contributed by atoms with Crippen molar-refractivity contribution in [1.82, 2.24) is 4.98 Å². The van der Waals surface area contributed by atoms with Gasteiger partial charge in [-0.25, -0.2) is 9.83 Å². The van der Waals surface area contributed by atoms with Crippen molar-refractivity contribution in [1.29, 1.82) is 0 Å². The molecule has 0 amide bonds. The van der Waals surface area contributed by atoms with E-state index in [0.717, 1.165) is 0 Å². The van der Waals surface area contributed by atoms with Gasteiger partial charge in [0.2, 0.25) is 11.6 Å². The van der Waals surface area contributed by atoms with E-state index in [4.69, 9.17) is 16.0 Å². The van der Waals surface area contributed by atoms with Crippen LogP contribution in [0.4, 0.5) is 5.69 Å². The Bertz CT molecular complexity index is 307. The highest BCUT2D eigenvalue weighted by Crippen LogP contribution is 2.23. The van der Waals surface area contributed by atoms with Crippen LogP contribution in [-0.2, 0) is 4.74 Å². The molecule has 0 aliphatic rings. The minimum Gasteiger partial charge on any atom is -0.484 e. The van der Waals surface area contributed by atoms with Gasteiger partial charge in [-0.15, -0.1) is 0 Å². The van der Waals surface area contributed by atoms with E-state index in [2.05, 4.69) is 9.83 Å². The van der Waals surface area contributed by atoms with Gasteiger partial charge in [-0.1, -0.05) is 6.07 Å². The predicted molar refractivity (Wildman–Crippen MR) is 47.9 cm³/mol. The molecule has 4 nitrogen and oxygen atoms in total. The van der Waals surface area contributed by atoms with E-state index in [1.54, 1.807) is 25.4 Å². The van der Waals surface area contributed by atoms with Gasteiger partial charge in [0.05, 0.1) is 13.2 Å². The van der Waals surface area contributed by atoms with Crippen LogP contribution in [0.1, 0.15) is 0 Å². The predicted octanol–water partition coefficient (Wildman–Crippen LogP) is 1.66. The topological polar surface area (TPSA) is 35.7 Å². The molecule has 0 saturated heterocycles. The van der Waals surface area contributed by atoms with E-state index in [0.29, 0.717) is 24.8 Å². The zero-order valence-electron chi connectivity index (χ0n) is 7.36. The molecule has 0 aliphatic heterocycles. The van der Waals surface area contributed by atoms with Crippen molar-refractivity contribution in [2.45, 2.75) is 0 Å². The fourth-order valence-corrected chi connectivity index (χ4v) is 0.800. The molecule has 0 fully saturated rings. The summed E-state index contributed by atoms with van der Waals surface area (Å²) < 4.78 is 10.0. The molecular formula is C9H10N2O2. The average molecular weight is 178 g/mol. The van der Waals surface area contributed by atoms with Gasteiger partial charge in [0.15, 0.2) is 0 Å². The fourth-order valence-electron chi connectivity index (χ4n) is 0.800. The van der Waals surface area contributed by atoms with Crippen LogP contribution in [0.15, 0.2) is 18.3 Å². The van der Waals surface area contributed by atoms with Gasteiger partial charge in [-0.2, -0.15) is 0 Å². The lowest BCUT2D eigenvalue weighted by Crippen LogP contribution is -2.05. The Hall–Kier alpha value is -1.60. The maximum absolute atomic E-state index is 6.84. The first-order chi connectivity index (χ1) is 6.38. The van der Waals surface area contributed by atoms with Gasteiger partial charge in [-0.3, -0.25) is 0 Å². The first-order valence-electron chi connectivity index (χ1n) is 3.82. The number of nitrogens with zero attached hydrogens (tertiary/aromatic N) is 2. The summed E-state index contributed by atoms with van der Waals surface area (Å²) in [6.45, 7) is 7.75. The second kappa shape index (κ2) is 5.12. The quantitative estimate of drug-likeness (QED) is 0.519. The number of ether oxygens (including phenoxy) is 2. The first kappa shape index (κ1) is 9.49. The van der Waals surface area contributed by atoms with Gasteiger partial charge in [0.1, 0.15) is 6.61 Å². The molecule has 0 spiro atoms. The van der Waals surface area contributed by atoms with Gasteiger partial charge in [0.25, 0.3) is 0 Å². The Kier molecular flexibility index (Phi) is 3.74. The van der Waals surface area contributed by atoms with Crippen molar-refractivity contribution in [3.05, 3.63) is 29.7 Å². The van der Waals surface area contributed by atoms with Crippen LogP contribution in [0.5, 0.6) is 5.88 Å². The van der Waals surface area contributed by atoms with Gasteiger partial charge >= 0.3 is 0 Å². The molecule has 0 aromatic carbocycles. The van der Waals surface area contributed by atoms with Crippen molar-refractivity contribution in [3.8, 4) is 5.88 Å². The summed E-state index contributed by atoms with van der Waals surface area (Å²) in [5, 5.41) is 0. The molecule has 1 heterocycles. The smallest absolute Gasteiger partial charge is 0.247 e. The highest BCUT2D eigenvalue weighted by Gasteiger charge is 2.02. The van der Waals surface area contributed by atoms with E-state index >= 15 is 0 Å². The molecule has 0 radical (unpaired) electrons. The fraction of sp³-hybridized carbons (Fsp3) is 0.333. The number of rotatable bonds is 4. The third-order valence-electron chi connectivity index (χ3n) is 1.40. The summed E-state index contributed by atoms with van der Waals surface area (Å²) in [6.07, 6.45) is 1.59. The third kappa shape index (κ3) is 2.73. The molecular weight excluding hydrogens is 168 g/mol. The lowest BCUT2D eigenvalue weighted by Gasteiger charge is -2.04. The van der Waals surface area contributed by atoms with E-state index in [-0.39, 0.29) is 0 Å². The van der Waals surface area contributed by atoms with Crippen LogP contribution >= 0.6 is 0 Å². The van der Waals surface area contributed by atoms with Crippen molar-refractivity contribution in [2.24, 2.45) is 0 Å². The van der Waals surface area contributed by atoms with E-state index in [9.17, 15) is 0 Å².